The fraction of sp³-hybridized carbons (Fsp3) is 0.500. The van der Waals surface area contributed by atoms with Gasteiger partial charge in [0.05, 0.1) is 17.2 Å². The van der Waals surface area contributed by atoms with E-state index >= 15 is 0 Å². The molecule has 0 aromatic carbocycles. The van der Waals surface area contributed by atoms with Crippen LogP contribution in [0.4, 0.5) is 0 Å². The second-order valence-electron chi connectivity index (χ2n) is 2.68. The van der Waals surface area contributed by atoms with Gasteiger partial charge in [0.2, 0.25) is 0 Å². The average molecular weight is 280 g/mol. The molecule has 14 heavy (non-hydrogen) atoms. The fourth-order valence-electron chi connectivity index (χ4n) is 0.784. The lowest BCUT2D eigenvalue weighted by molar-refractivity contribution is 0.187. The molecule has 82 valence electrons. The molecule has 2 N–H and O–H groups in total. The Morgan fingerprint density at radius 2 is 1.79 bits per heavy atom. The summed E-state index contributed by atoms with van der Waals surface area (Å²) >= 11 is 21.9. The van der Waals surface area contributed by atoms with Crippen molar-refractivity contribution in [3.63, 3.8) is 0 Å². The first-order chi connectivity index (χ1) is 6.40. The Morgan fingerprint density at radius 3 is 2.07 bits per heavy atom. The quantitative estimate of drug-likeness (QED) is 0.830. The molecule has 0 saturated heterocycles. The van der Waals surface area contributed by atoms with Crippen LogP contribution in [0.2, 0.25) is 0 Å². The summed E-state index contributed by atoms with van der Waals surface area (Å²) in [6.07, 6.45) is -1.80. The summed E-state index contributed by atoms with van der Waals surface area (Å²) < 4.78 is -0.0712. The summed E-state index contributed by atoms with van der Waals surface area (Å²) in [5.74, 6) is 0. The standard InChI is InChI=1S/C8H10Cl4O2/c1-4(13)5(8(11)12)2-7(14)6(10)3-9/h3-4,7,13-14H,2H2,1H3. The second-order valence-corrected chi connectivity index (χ2v) is 4.28. The first kappa shape index (κ1) is 14.6. The molecule has 6 heteroatoms. The highest BCUT2D eigenvalue weighted by Gasteiger charge is 2.17. The highest BCUT2D eigenvalue weighted by molar-refractivity contribution is 6.56. The predicted molar refractivity (Wildman–Crippen MR) is 60.8 cm³/mol. The molecule has 0 spiro atoms. The lowest BCUT2D eigenvalue weighted by Gasteiger charge is -2.14. The Hall–Kier alpha value is 0.560. The van der Waals surface area contributed by atoms with E-state index in [0.717, 1.165) is 5.54 Å². The van der Waals surface area contributed by atoms with Crippen LogP contribution in [0.1, 0.15) is 13.3 Å². The maximum atomic E-state index is 9.44. The van der Waals surface area contributed by atoms with E-state index in [1.165, 1.54) is 6.92 Å². The molecule has 0 aliphatic heterocycles. The summed E-state index contributed by atoms with van der Waals surface area (Å²) in [6.45, 7) is 1.49. The minimum absolute atomic E-state index is 0.0437. The van der Waals surface area contributed by atoms with Gasteiger partial charge in [-0.15, -0.1) is 0 Å². The number of hydrogen-bond donors (Lipinski definition) is 2. The van der Waals surface area contributed by atoms with Gasteiger partial charge >= 0.3 is 0 Å². The third-order valence-electron chi connectivity index (χ3n) is 1.58. The van der Waals surface area contributed by atoms with Crippen LogP contribution in [0.25, 0.3) is 0 Å². The first-order valence-corrected chi connectivity index (χ1v) is 5.33. The van der Waals surface area contributed by atoms with Gasteiger partial charge in [0.1, 0.15) is 4.49 Å². The van der Waals surface area contributed by atoms with Crippen molar-refractivity contribution < 1.29 is 10.2 Å². The van der Waals surface area contributed by atoms with Gasteiger partial charge in [-0.25, -0.2) is 0 Å². The molecule has 2 unspecified atom stereocenters. The van der Waals surface area contributed by atoms with Crippen LogP contribution in [0, 0.1) is 0 Å². The van der Waals surface area contributed by atoms with Crippen molar-refractivity contribution in [2.75, 3.05) is 0 Å². The lowest BCUT2D eigenvalue weighted by Crippen LogP contribution is -2.14. The Balaban J connectivity index is 4.57. The van der Waals surface area contributed by atoms with E-state index in [2.05, 4.69) is 0 Å². The highest BCUT2D eigenvalue weighted by atomic mass is 35.5. The molecule has 0 radical (unpaired) electrons. The van der Waals surface area contributed by atoms with Crippen molar-refractivity contribution in [1.29, 1.82) is 0 Å². The minimum Gasteiger partial charge on any atom is -0.389 e. The number of aliphatic hydroxyl groups is 2. The van der Waals surface area contributed by atoms with E-state index in [0.29, 0.717) is 5.57 Å². The summed E-state index contributed by atoms with van der Waals surface area (Å²) in [5.41, 5.74) is 1.37. The Morgan fingerprint density at radius 1 is 1.29 bits per heavy atom. The van der Waals surface area contributed by atoms with E-state index in [-0.39, 0.29) is 15.9 Å². The maximum Gasteiger partial charge on any atom is 0.108 e. The molecule has 0 aliphatic rings. The third kappa shape index (κ3) is 4.87. The molecular weight excluding hydrogens is 270 g/mol. The first-order valence-electron chi connectivity index (χ1n) is 3.76. The molecule has 0 aromatic rings. The van der Waals surface area contributed by atoms with Crippen LogP contribution >= 0.6 is 46.4 Å². The monoisotopic (exact) mass is 278 g/mol. The SMILES string of the molecule is CC(O)C(CC(O)C(Cl)=CCl)=C(Cl)Cl. The van der Waals surface area contributed by atoms with Gasteiger partial charge in [0, 0.05) is 12.0 Å². The van der Waals surface area contributed by atoms with Gasteiger partial charge in [-0.2, -0.15) is 0 Å². The van der Waals surface area contributed by atoms with E-state index in [4.69, 9.17) is 46.4 Å². The van der Waals surface area contributed by atoms with Crippen molar-refractivity contribution in [2.45, 2.75) is 25.6 Å². The summed E-state index contributed by atoms with van der Waals surface area (Å²) in [5, 5.41) is 18.8. The van der Waals surface area contributed by atoms with Crippen LogP contribution in [-0.4, -0.2) is 22.4 Å². The van der Waals surface area contributed by atoms with Gasteiger partial charge in [-0.05, 0) is 12.5 Å². The molecule has 2 atom stereocenters. The van der Waals surface area contributed by atoms with Gasteiger partial charge in [0.15, 0.2) is 0 Å². The number of aliphatic hydroxyl groups excluding tert-OH is 2. The predicted octanol–water partition coefficient (Wildman–Crippen LogP) is 3.13. The van der Waals surface area contributed by atoms with Crippen molar-refractivity contribution >= 4 is 46.4 Å². The van der Waals surface area contributed by atoms with E-state index < -0.39 is 12.2 Å². The van der Waals surface area contributed by atoms with Crippen LogP contribution in [0.15, 0.2) is 20.6 Å². The molecule has 0 rings (SSSR count). The van der Waals surface area contributed by atoms with Crippen molar-refractivity contribution in [2.24, 2.45) is 0 Å². The van der Waals surface area contributed by atoms with Crippen molar-refractivity contribution in [3.05, 3.63) is 20.6 Å². The zero-order valence-corrected chi connectivity index (χ0v) is 10.4. The van der Waals surface area contributed by atoms with E-state index in [1.54, 1.807) is 0 Å². The molecule has 0 aromatic heterocycles. The molecule has 0 amide bonds. The Bertz CT molecular complexity index is 244. The topological polar surface area (TPSA) is 40.5 Å². The smallest absolute Gasteiger partial charge is 0.108 e. The molecular formula is C8H10Cl4O2. The van der Waals surface area contributed by atoms with Gasteiger partial charge in [-0.1, -0.05) is 46.4 Å². The largest absolute Gasteiger partial charge is 0.389 e. The molecule has 0 bridgehead atoms. The second kappa shape index (κ2) is 6.94. The van der Waals surface area contributed by atoms with E-state index in [9.17, 15) is 10.2 Å². The molecule has 0 heterocycles. The van der Waals surface area contributed by atoms with Crippen LogP contribution in [0.5, 0.6) is 0 Å². The lowest BCUT2D eigenvalue weighted by atomic mass is 10.1. The molecule has 2 nitrogen and oxygen atoms in total. The summed E-state index contributed by atoms with van der Waals surface area (Å²) in [6, 6.07) is 0. The zero-order valence-electron chi connectivity index (χ0n) is 7.35. The van der Waals surface area contributed by atoms with Gasteiger partial charge in [0.25, 0.3) is 0 Å². The van der Waals surface area contributed by atoms with Crippen LogP contribution < -0.4 is 0 Å². The Kier molecular flexibility index (Phi) is 7.21. The minimum atomic E-state index is -1.01. The normalized spacial score (nSPS) is 16.4. The highest BCUT2D eigenvalue weighted by Crippen LogP contribution is 2.25. The number of hydrogen-bond acceptors (Lipinski definition) is 2. The fourth-order valence-corrected chi connectivity index (χ4v) is 1.48. The average Bonchev–Trinajstić information content (AvgIpc) is 2.11. The maximum absolute atomic E-state index is 9.44. The third-order valence-corrected chi connectivity index (χ3v) is 2.78. The van der Waals surface area contributed by atoms with Gasteiger partial charge in [-0.3, -0.25) is 0 Å². The van der Waals surface area contributed by atoms with Crippen molar-refractivity contribution in [1.82, 2.24) is 0 Å². The van der Waals surface area contributed by atoms with Gasteiger partial charge < -0.3 is 10.2 Å². The summed E-state index contributed by atoms with van der Waals surface area (Å²) in [4.78, 5) is 0. The van der Waals surface area contributed by atoms with E-state index in [1.807, 2.05) is 0 Å². The molecule has 0 fully saturated rings. The van der Waals surface area contributed by atoms with Crippen LogP contribution in [-0.2, 0) is 0 Å². The number of rotatable bonds is 4. The molecule has 0 aliphatic carbocycles. The zero-order chi connectivity index (χ0) is 11.3. The summed E-state index contributed by atoms with van der Waals surface area (Å²) in [7, 11) is 0. The Labute approximate surface area is 103 Å². The molecule has 0 saturated carbocycles. The number of halogens is 4. The van der Waals surface area contributed by atoms with Crippen LogP contribution in [0.3, 0.4) is 0 Å². The van der Waals surface area contributed by atoms with Crippen molar-refractivity contribution in [3.8, 4) is 0 Å².